The highest BCUT2D eigenvalue weighted by molar-refractivity contribution is 9.10. The predicted octanol–water partition coefficient (Wildman–Crippen LogP) is 4.79. The number of fused-ring (bicyclic) bond motifs is 1. The normalized spacial score (nSPS) is 16.9. The molecule has 3 nitrogen and oxygen atoms in total. The second kappa shape index (κ2) is 7.58. The first-order valence-corrected chi connectivity index (χ1v) is 9.24. The number of methoxy groups -OCH3 is 1. The average molecular weight is 409 g/mol. The Labute approximate surface area is 155 Å². The van der Waals surface area contributed by atoms with Crippen molar-refractivity contribution in [2.75, 3.05) is 17.9 Å². The maximum Gasteiger partial charge on any atom is 0.230 e. The van der Waals surface area contributed by atoms with Gasteiger partial charge < -0.3 is 9.64 Å². The predicted molar refractivity (Wildman–Crippen MR) is 101 cm³/mol. The highest BCUT2D eigenvalue weighted by Gasteiger charge is 2.32. The molecular weight excluding hydrogens is 390 g/mol. The number of anilines is 1. The van der Waals surface area contributed by atoms with Crippen molar-refractivity contribution in [1.82, 2.24) is 0 Å². The first-order chi connectivity index (χ1) is 11.6. The third kappa shape index (κ3) is 3.60. The van der Waals surface area contributed by atoms with Gasteiger partial charge in [-0.2, -0.15) is 0 Å². The number of carbonyl (C=O) groups excluding carboxylic acids is 1. The van der Waals surface area contributed by atoms with Crippen LogP contribution >= 0.6 is 27.5 Å². The minimum Gasteiger partial charge on any atom is -0.497 e. The van der Waals surface area contributed by atoms with Crippen LogP contribution in [0.25, 0.3) is 0 Å². The van der Waals surface area contributed by atoms with Crippen molar-refractivity contribution < 1.29 is 9.53 Å². The molecule has 1 atom stereocenters. The molecule has 0 spiro atoms. The summed E-state index contributed by atoms with van der Waals surface area (Å²) in [5, 5.41) is 0. The Bertz CT molecular complexity index is 733. The number of hydrogen-bond donors (Lipinski definition) is 0. The van der Waals surface area contributed by atoms with Gasteiger partial charge in [0.25, 0.3) is 0 Å². The number of ether oxygens (including phenoxy) is 1. The number of alkyl halides is 1. The van der Waals surface area contributed by atoms with E-state index in [0.717, 1.165) is 27.9 Å². The number of benzene rings is 2. The number of nitrogens with zero attached hydrogens (tertiary/aromatic N) is 1. The SMILES string of the molecule is COc1ccc(CN2C(=O)C(CCCl)Cc3cc(Br)ccc32)cc1. The summed E-state index contributed by atoms with van der Waals surface area (Å²) in [7, 11) is 1.65. The van der Waals surface area contributed by atoms with E-state index >= 15 is 0 Å². The Kier molecular flexibility index (Phi) is 5.47. The lowest BCUT2D eigenvalue weighted by Gasteiger charge is -2.34. The number of hydrogen-bond acceptors (Lipinski definition) is 2. The number of carbonyl (C=O) groups is 1. The third-order valence-electron chi connectivity index (χ3n) is 4.37. The Balaban J connectivity index is 1.92. The molecule has 5 heteroatoms. The van der Waals surface area contributed by atoms with E-state index in [1.807, 2.05) is 41.3 Å². The van der Waals surface area contributed by atoms with Gasteiger partial charge in [-0.05, 0) is 54.3 Å². The zero-order valence-electron chi connectivity index (χ0n) is 13.5. The lowest BCUT2D eigenvalue weighted by molar-refractivity contribution is -0.123. The van der Waals surface area contributed by atoms with E-state index in [-0.39, 0.29) is 11.8 Å². The van der Waals surface area contributed by atoms with E-state index in [9.17, 15) is 4.79 Å². The molecular formula is C19H19BrClNO2. The maximum atomic E-state index is 12.9. The molecule has 0 aromatic heterocycles. The van der Waals surface area contributed by atoms with E-state index in [1.165, 1.54) is 5.56 Å². The van der Waals surface area contributed by atoms with Crippen LogP contribution in [0.1, 0.15) is 17.5 Å². The van der Waals surface area contributed by atoms with Crippen molar-refractivity contribution in [2.24, 2.45) is 5.92 Å². The summed E-state index contributed by atoms with van der Waals surface area (Å²) >= 11 is 9.43. The van der Waals surface area contributed by atoms with E-state index in [0.29, 0.717) is 18.8 Å². The van der Waals surface area contributed by atoms with Crippen LogP contribution in [-0.2, 0) is 17.8 Å². The molecule has 24 heavy (non-hydrogen) atoms. The van der Waals surface area contributed by atoms with Crippen molar-refractivity contribution >= 4 is 39.1 Å². The molecule has 0 N–H and O–H groups in total. The molecule has 0 saturated heterocycles. The van der Waals surface area contributed by atoms with Gasteiger partial charge in [0.05, 0.1) is 13.7 Å². The summed E-state index contributed by atoms with van der Waals surface area (Å²) in [4.78, 5) is 14.8. The molecule has 1 heterocycles. The average Bonchev–Trinajstić information content (AvgIpc) is 2.59. The van der Waals surface area contributed by atoms with Crippen LogP contribution in [0.15, 0.2) is 46.9 Å². The van der Waals surface area contributed by atoms with Crippen molar-refractivity contribution in [3.8, 4) is 5.75 Å². The second-order valence-corrected chi connectivity index (χ2v) is 7.22. The Morgan fingerprint density at radius 1 is 1.25 bits per heavy atom. The summed E-state index contributed by atoms with van der Waals surface area (Å²) in [6.07, 6.45) is 1.45. The monoisotopic (exact) mass is 407 g/mol. The second-order valence-electron chi connectivity index (χ2n) is 5.92. The fraction of sp³-hybridized carbons (Fsp3) is 0.316. The first kappa shape index (κ1) is 17.3. The van der Waals surface area contributed by atoms with Crippen LogP contribution in [0.4, 0.5) is 5.69 Å². The van der Waals surface area contributed by atoms with Crippen LogP contribution in [0.3, 0.4) is 0 Å². The van der Waals surface area contributed by atoms with Crippen molar-refractivity contribution in [1.29, 1.82) is 0 Å². The summed E-state index contributed by atoms with van der Waals surface area (Å²) in [6, 6.07) is 13.9. The largest absolute Gasteiger partial charge is 0.497 e. The molecule has 0 saturated carbocycles. The molecule has 1 amide bonds. The van der Waals surface area contributed by atoms with Gasteiger partial charge in [-0.15, -0.1) is 11.6 Å². The highest BCUT2D eigenvalue weighted by Crippen LogP contribution is 2.35. The molecule has 0 fully saturated rings. The maximum absolute atomic E-state index is 12.9. The van der Waals surface area contributed by atoms with E-state index < -0.39 is 0 Å². The van der Waals surface area contributed by atoms with Gasteiger partial charge in [0.1, 0.15) is 5.75 Å². The number of halogens is 2. The summed E-state index contributed by atoms with van der Waals surface area (Å²) < 4.78 is 6.23. The number of amides is 1. The summed E-state index contributed by atoms with van der Waals surface area (Å²) in [5.74, 6) is 1.41. The van der Waals surface area contributed by atoms with Crippen molar-refractivity contribution in [2.45, 2.75) is 19.4 Å². The molecule has 0 radical (unpaired) electrons. The topological polar surface area (TPSA) is 29.5 Å². The van der Waals surface area contributed by atoms with Crippen LogP contribution in [0.2, 0.25) is 0 Å². The Morgan fingerprint density at radius 3 is 2.67 bits per heavy atom. The molecule has 1 unspecified atom stereocenters. The van der Waals surface area contributed by atoms with Crippen LogP contribution in [0.5, 0.6) is 5.75 Å². The summed E-state index contributed by atoms with van der Waals surface area (Å²) in [5.41, 5.74) is 3.25. The third-order valence-corrected chi connectivity index (χ3v) is 5.08. The quantitative estimate of drug-likeness (QED) is 0.666. The smallest absolute Gasteiger partial charge is 0.230 e. The van der Waals surface area contributed by atoms with Crippen LogP contribution in [0, 0.1) is 5.92 Å². The minimum atomic E-state index is -0.0532. The molecule has 0 aliphatic carbocycles. The van der Waals surface area contributed by atoms with Gasteiger partial charge >= 0.3 is 0 Å². The standard InChI is InChI=1S/C19H19BrClNO2/c1-24-17-5-2-13(3-6-17)12-22-18-7-4-16(20)11-15(18)10-14(8-9-21)19(22)23/h2-7,11,14H,8-10,12H2,1H3. The molecule has 2 aromatic rings. The minimum absolute atomic E-state index is 0.0532. The van der Waals surface area contributed by atoms with Gasteiger partial charge in [0, 0.05) is 22.0 Å². The van der Waals surface area contributed by atoms with E-state index in [1.54, 1.807) is 7.11 Å². The van der Waals surface area contributed by atoms with Gasteiger partial charge in [-0.3, -0.25) is 4.79 Å². The van der Waals surface area contributed by atoms with Gasteiger partial charge in [0.15, 0.2) is 0 Å². The molecule has 126 valence electrons. The van der Waals surface area contributed by atoms with E-state index in [2.05, 4.69) is 22.0 Å². The molecule has 1 aliphatic heterocycles. The Morgan fingerprint density at radius 2 is 2.00 bits per heavy atom. The molecule has 0 bridgehead atoms. The van der Waals surface area contributed by atoms with Gasteiger partial charge in [0.2, 0.25) is 5.91 Å². The molecule has 2 aromatic carbocycles. The molecule has 1 aliphatic rings. The lowest BCUT2D eigenvalue weighted by Crippen LogP contribution is -2.41. The number of rotatable bonds is 5. The van der Waals surface area contributed by atoms with Crippen molar-refractivity contribution in [3.05, 3.63) is 58.1 Å². The fourth-order valence-electron chi connectivity index (χ4n) is 3.11. The fourth-order valence-corrected chi connectivity index (χ4v) is 3.78. The van der Waals surface area contributed by atoms with Gasteiger partial charge in [-0.1, -0.05) is 28.1 Å². The van der Waals surface area contributed by atoms with Crippen molar-refractivity contribution in [3.63, 3.8) is 0 Å². The zero-order valence-corrected chi connectivity index (χ0v) is 15.8. The summed E-state index contributed by atoms with van der Waals surface area (Å²) in [6.45, 7) is 0.552. The highest BCUT2D eigenvalue weighted by atomic mass is 79.9. The molecule has 3 rings (SSSR count). The van der Waals surface area contributed by atoms with Crippen LogP contribution in [-0.4, -0.2) is 18.9 Å². The van der Waals surface area contributed by atoms with Crippen LogP contribution < -0.4 is 9.64 Å². The Hall–Kier alpha value is -1.52. The van der Waals surface area contributed by atoms with Gasteiger partial charge in [-0.25, -0.2) is 0 Å². The lowest BCUT2D eigenvalue weighted by atomic mass is 9.89. The zero-order chi connectivity index (χ0) is 17.1. The first-order valence-electron chi connectivity index (χ1n) is 7.91. The van der Waals surface area contributed by atoms with E-state index in [4.69, 9.17) is 16.3 Å².